The van der Waals surface area contributed by atoms with Crippen molar-refractivity contribution in [1.29, 1.82) is 0 Å². The standard InChI is InChI=1S/C10H20N4/c1-3-11-6-7-12-9-10(2)14-8-4-5-13-14/h4-5,8,10-12H,3,6-7,9H2,1-2H3. The van der Waals surface area contributed by atoms with Gasteiger partial charge in [0.05, 0.1) is 6.04 Å². The molecule has 0 spiro atoms. The van der Waals surface area contributed by atoms with Gasteiger partial charge in [-0.15, -0.1) is 0 Å². The zero-order valence-corrected chi connectivity index (χ0v) is 9.03. The normalized spacial score (nSPS) is 13.0. The molecule has 1 unspecified atom stereocenters. The minimum absolute atomic E-state index is 0.423. The highest BCUT2D eigenvalue weighted by Crippen LogP contribution is 1.99. The molecule has 0 saturated carbocycles. The number of rotatable bonds is 7. The van der Waals surface area contributed by atoms with Crippen LogP contribution >= 0.6 is 0 Å². The highest BCUT2D eigenvalue weighted by atomic mass is 15.3. The first-order chi connectivity index (χ1) is 6.84. The Kier molecular flexibility index (Phi) is 5.25. The average molecular weight is 196 g/mol. The highest BCUT2D eigenvalue weighted by Gasteiger charge is 2.02. The lowest BCUT2D eigenvalue weighted by Gasteiger charge is -2.13. The van der Waals surface area contributed by atoms with E-state index in [1.54, 1.807) is 0 Å². The molecule has 4 nitrogen and oxygen atoms in total. The number of nitrogens with one attached hydrogen (secondary N) is 2. The fourth-order valence-corrected chi connectivity index (χ4v) is 1.30. The minimum Gasteiger partial charge on any atom is -0.316 e. The molecule has 2 N–H and O–H groups in total. The molecule has 0 bridgehead atoms. The SMILES string of the molecule is CCNCCNCC(C)n1cccn1. The van der Waals surface area contributed by atoms with Crippen LogP contribution in [0, 0.1) is 0 Å². The Morgan fingerprint density at radius 3 is 2.79 bits per heavy atom. The molecule has 0 aromatic carbocycles. The van der Waals surface area contributed by atoms with E-state index in [0.29, 0.717) is 6.04 Å². The van der Waals surface area contributed by atoms with Gasteiger partial charge in [-0.2, -0.15) is 5.10 Å². The summed E-state index contributed by atoms with van der Waals surface area (Å²) in [4.78, 5) is 0. The Morgan fingerprint density at radius 1 is 1.36 bits per heavy atom. The Balaban J connectivity index is 2.07. The van der Waals surface area contributed by atoms with E-state index in [-0.39, 0.29) is 0 Å². The van der Waals surface area contributed by atoms with Gasteiger partial charge in [0, 0.05) is 32.0 Å². The molecule has 0 fully saturated rings. The molecule has 0 radical (unpaired) electrons. The van der Waals surface area contributed by atoms with E-state index >= 15 is 0 Å². The van der Waals surface area contributed by atoms with Crippen molar-refractivity contribution in [1.82, 2.24) is 20.4 Å². The molecule has 0 aliphatic carbocycles. The molecule has 80 valence electrons. The zero-order chi connectivity index (χ0) is 10.2. The van der Waals surface area contributed by atoms with Crippen molar-refractivity contribution in [3.63, 3.8) is 0 Å². The summed E-state index contributed by atoms with van der Waals surface area (Å²) in [5.74, 6) is 0. The molecule has 0 aliphatic heterocycles. The molecule has 1 atom stereocenters. The van der Waals surface area contributed by atoms with Gasteiger partial charge in [-0.25, -0.2) is 0 Å². The van der Waals surface area contributed by atoms with Crippen LogP contribution in [-0.4, -0.2) is 36.0 Å². The smallest absolute Gasteiger partial charge is 0.0615 e. The number of aromatic nitrogens is 2. The Bertz CT molecular complexity index is 220. The Morgan fingerprint density at radius 2 is 2.14 bits per heavy atom. The topological polar surface area (TPSA) is 41.9 Å². The molecular formula is C10H20N4. The first-order valence-corrected chi connectivity index (χ1v) is 5.25. The van der Waals surface area contributed by atoms with Gasteiger partial charge in [-0.05, 0) is 19.5 Å². The van der Waals surface area contributed by atoms with Crippen molar-refractivity contribution >= 4 is 0 Å². The predicted octanol–water partition coefficient (Wildman–Crippen LogP) is 0.643. The van der Waals surface area contributed by atoms with Gasteiger partial charge in [-0.3, -0.25) is 4.68 Å². The largest absolute Gasteiger partial charge is 0.316 e. The summed E-state index contributed by atoms with van der Waals surface area (Å²) in [7, 11) is 0. The van der Waals surface area contributed by atoms with E-state index < -0.39 is 0 Å². The summed E-state index contributed by atoms with van der Waals surface area (Å²) in [5, 5.41) is 10.8. The lowest BCUT2D eigenvalue weighted by Crippen LogP contribution is -2.31. The van der Waals surface area contributed by atoms with Crippen LogP contribution in [0.15, 0.2) is 18.5 Å². The van der Waals surface area contributed by atoms with Crippen LogP contribution in [0.5, 0.6) is 0 Å². The molecule has 1 aromatic rings. The van der Waals surface area contributed by atoms with Crippen LogP contribution in [-0.2, 0) is 0 Å². The van der Waals surface area contributed by atoms with Gasteiger partial charge in [0.2, 0.25) is 0 Å². The second kappa shape index (κ2) is 6.56. The van der Waals surface area contributed by atoms with Gasteiger partial charge in [0.15, 0.2) is 0 Å². The quantitative estimate of drug-likeness (QED) is 0.629. The molecular weight excluding hydrogens is 176 g/mol. The highest BCUT2D eigenvalue weighted by molar-refractivity contribution is 4.80. The summed E-state index contributed by atoms with van der Waals surface area (Å²) in [6, 6.07) is 2.38. The van der Waals surface area contributed by atoms with E-state index in [4.69, 9.17) is 0 Å². The van der Waals surface area contributed by atoms with Gasteiger partial charge in [0.1, 0.15) is 0 Å². The second-order valence-electron chi connectivity index (χ2n) is 3.39. The summed E-state index contributed by atoms with van der Waals surface area (Å²) >= 11 is 0. The molecule has 14 heavy (non-hydrogen) atoms. The Hall–Kier alpha value is -0.870. The van der Waals surface area contributed by atoms with E-state index in [9.17, 15) is 0 Å². The number of hydrogen-bond donors (Lipinski definition) is 2. The maximum Gasteiger partial charge on any atom is 0.0615 e. The molecule has 0 aliphatic rings. The zero-order valence-electron chi connectivity index (χ0n) is 9.03. The van der Waals surface area contributed by atoms with Crippen LogP contribution < -0.4 is 10.6 Å². The molecule has 4 heteroatoms. The van der Waals surface area contributed by atoms with Crippen molar-refractivity contribution in [2.45, 2.75) is 19.9 Å². The third kappa shape index (κ3) is 3.89. The molecule has 1 heterocycles. The van der Waals surface area contributed by atoms with Crippen molar-refractivity contribution in [3.8, 4) is 0 Å². The van der Waals surface area contributed by atoms with Crippen LogP contribution in [0.4, 0.5) is 0 Å². The number of nitrogens with zero attached hydrogens (tertiary/aromatic N) is 2. The number of likely N-dealkylation sites (N-methyl/N-ethyl adjacent to an activating group) is 1. The van der Waals surface area contributed by atoms with E-state index in [1.165, 1.54) is 0 Å². The maximum absolute atomic E-state index is 4.19. The third-order valence-corrected chi connectivity index (χ3v) is 2.14. The number of hydrogen-bond acceptors (Lipinski definition) is 3. The minimum atomic E-state index is 0.423. The van der Waals surface area contributed by atoms with E-state index in [1.807, 2.05) is 23.1 Å². The fraction of sp³-hybridized carbons (Fsp3) is 0.700. The monoisotopic (exact) mass is 196 g/mol. The van der Waals surface area contributed by atoms with Crippen molar-refractivity contribution in [2.24, 2.45) is 0 Å². The van der Waals surface area contributed by atoms with Gasteiger partial charge in [0.25, 0.3) is 0 Å². The van der Waals surface area contributed by atoms with E-state index in [2.05, 4.69) is 29.6 Å². The molecule has 0 saturated heterocycles. The lowest BCUT2D eigenvalue weighted by atomic mass is 10.3. The lowest BCUT2D eigenvalue weighted by molar-refractivity contribution is 0.452. The fourth-order valence-electron chi connectivity index (χ4n) is 1.30. The summed E-state index contributed by atoms with van der Waals surface area (Å²) in [6.45, 7) is 8.32. The van der Waals surface area contributed by atoms with Crippen molar-refractivity contribution in [2.75, 3.05) is 26.2 Å². The average Bonchev–Trinajstić information content (AvgIpc) is 2.70. The van der Waals surface area contributed by atoms with Crippen LogP contribution in [0.1, 0.15) is 19.9 Å². The Labute approximate surface area is 85.7 Å². The van der Waals surface area contributed by atoms with Crippen molar-refractivity contribution < 1.29 is 0 Å². The molecule has 1 aromatic heterocycles. The summed E-state index contributed by atoms with van der Waals surface area (Å²) < 4.78 is 1.97. The van der Waals surface area contributed by atoms with Crippen LogP contribution in [0.25, 0.3) is 0 Å². The summed E-state index contributed by atoms with van der Waals surface area (Å²) in [5.41, 5.74) is 0. The first kappa shape index (κ1) is 11.2. The summed E-state index contributed by atoms with van der Waals surface area (Å²) in [6.07, 6.45) is 3.81. The molecule has 0 amide bonds. The molecule has 1 rings (SSSR count). The maximum atomic E-state index is 4.19. The van der Waals surface area contributed by atoms with Crippen molar-refractivity contribution in [3.05, 3.63) is 18.5 Å². The van der Waals surface area contributed by atoms with E-state index in [0.717, 1.165) is 26.2 Å². The third-order valence-electron chi connectivity index (χ3n) is 2.14. The predicted molar refractivity (Wildman–Crippen MR) is 58.4 cm³/mol. The van der Waals surface area contributed by atoms with Gasteiger partial charge < -0.3 is 10.6 Å². The van der Waals surface area contributed by atoms with Crippen LogP contribution in [0.2, 0.25) is 0 Å². The van der Waals surface area contributed by atoms with Gasteiger partial charge >= 0.3 is 0 Å². The second-order valence-corrected chi connectivity index (χ2v) is 3.39. The van der Waals surface area contributed by atoms with Crippen LogP contribution in [0.3, 0.4) is 0 Å². The van der Waals surface area contributed by atoms with Gasteiger partial charge in [-0.1, -0.05) is 6.92 Å². The first-order valence-electron chi connectivity index (χ1n) is 5.25.